The van der Waals surface area contributed by atoms with E-state index in [0.717, 1.165) is 12.0 Å². The molecule has 0 bridgehead atoms. The van der Waals surface area contributed by atoms with E-state index in [2.05, 4.69) is 31.2 Å². The first-order valence-electron chi connectivity index (χ1n) is 7.63. The van der Waals surface area contributed by atoms with Gasteiger partial charge in [0.1, 0.15) is 0 Å². The van der Waals surface area contributed by atoms with Crippen LogP contribution in [0.3, 0.4) is 0 Å². The number of carbonyl (C=O) groups is 1. The maximum absolute atomic E-state index is 11.7. The van der Waals surface area contributed by atoms with Gasteiger partial charge in [0.05, 0.1) is 7.11 Å². The molecule has 0 aliphatic heterocycles. The van der Waals surface area contributed by atoms with Crippen molar-refractivity contribution in [1.82, 2.24) is 0 Å². The molecule has 0 heterocycles. The van der Waals surface area contributed by atoms with Gasteiger partial charge in [-0.15, -0.1) is 0 Å². The van der Waals surface area contributed by atoms with Crippen LogP contribution < -0.4 is 0 Å². The van der Waals surface area contributed by atoms with Gasteiger partial charge in [-0.2, -0.15) is 0 Å². The highest BCUT2D eigenvalue weighted by molar-refractivity contribution is 5.91. The average molecular weight is 272 g/mol. The summed E-state index contributed by atoms with van der Waals surface area (Å²) < 4.78 is 4.82. The zero-order chi connectivity index (χ0) is 14.4. The number of carbonyl (C=O) groups excluding carboxylic acids is 1. The summed E-state index contributed by atoms with van der Waals surface area (Å²) in [6.07, 6.45) is 8.93. The maximum atomic E-state index is 11.7. The summed E-state index contributed by atoms with van der Waals surface area (Å²) in [6, 6.07) is 8.59. The number of methoxy groups -OCH3 is 1. The Morgan fingerprint density at radius 2 is 1.85 bits per heavy atom. The van der Waals surface area contributed by atoms with E-state index in [0.29, 0.717) is 5.92 Å². The molecule has 1 aliphatic rings. The Morgan fingerprint density at radius 1 is 1.20 bits per heavy atom. The molecule has 0 N–H and O–H groups in total. The van der Waals surface area contributed by atoms with Crippen molar-refractivity contribution < 1.29 is 9.53 Å². The molecular weight excluding hydrogens is 248 g/mol. The standard InChI is InChI=1S/C18H24O2/c1-3-14-9-11-16(12-10-14)17(13-18(19)20-2)15-7-5-4-6-8-15/h9-13,15H,3-8H2,1-2H3. The van der Waals surface area contributed by atoms with Gasteiger partial charge in [0.2, 0.25) is 0 Å². The Labute approximate surface area is 121 Å². The van der Waals surface area contributed by atoms with Crippen molar-refractivity contribution >= 4 is 11.5 Å². The van der Waals surface area contributed by atoms with Crippen LogP contribution in [0.5, 0.6) is 0 Å². The van der Waals surface area contributed by atoms with E-state index in [1.165, 1.54) is 50.3 Å². The summed E-state index contributed by atoms with van der Waals surface area (Å²) in [6.45, 7) is 2.15. The van der Waals surface area contributed by atoms with Crippen LogP contribution in [0.15, 0.2) is 30.3 Å². The number of aryl methyl sites for hydroxylation is 1. The quantitative estimate of drug-likeness (QED) is 0.600. The molecule has 1 aliphatic carbocycles. The molecule has 108 valence electrons. The highest BCUT2D eigenvalue weighted by atomic mass is 16.5. The Hall–Kier alpha value is -1.57. The van der Waals surface area contributed by atoms with Gasteiger partial charge in [0.15, 0.2) is 0 Å². The Kier molecular flexibility index (Phi) is 5.40. The molecule has 2 rings (SSSR count). The number of esters is 1. The van der Waals surface area contributed by atoms with E-state index in [9.17, 15) is 4.79 Å². The van der Waals surface area contributed by atoms with Crippen LogP contribution in [0.1, 0.15) is 50.2 Å². The summed E-state index contributed by atoms with van der Waals surface area (Å²) >= 11 is 0. The number of benzene rings is 1. The van der Waals surface area contributed by atoms with Gasteiger partial charge in [-0.1, -0.05) is 50.5 Å². The van der Waals surface area contributed by atoms with Crippen LogP contribution in [0.2, 0.25) is 0 Å². The molecule has 0 atom stereocenters. The van der Waals surface area contributed by atoms with Gasteiger partial charge < -0.3 is 4.74 Å². The van der Waals surface area contributed by atoms with Gasteiger partial charge in [-0.25, -0.2) is 4.79 Å². The molecule has 0 saturated heterocycles. The van der Waals surface area contributed by atoms with Gasteiger partial charge >= 0.3 is 5.97 Å². The molecular formula is C18H24O2. The monoisotopic (exact) mass is 272 g/mol. The Balaban J connectivity index is 2.29. The fourth-order valence-electron chi connectivity index (χ4n) is 2.97. The van der Waals surface area contributed by atoms with Gasteiger partial charge in [-0.3, -0.25) is 0 Å². The van der Waals surface area contributed by atoms with Crippen LogP contribution in [0.4, 0.5) is 0 Å². The normalized spacial score (nSPS) is 17.0. The van der Waals surface area contributed by atoms with Crippen LogP contribution in [0, 0.1) is 5.92 Å². The average Bonchev–Trinajstić information content (AvgIpc) is 2.53. The lowest BCUT2D eigenvalue weighted by molar-refractivity contribution is -0.134. The van der Waals surface area contributed by atoms with E-state index in [1.807, 2.05) is 0 Å². The third-order valence-electron chi connectivity index (χ3n) is 4.22. The molecule has 0 unspecified atom stereocenters. The van der Waals surface area contributed by atoms with E-state index < -0.39 is 0 Å². The largest absolute Gasteiger partial charge is 0.466 e. The molecule has 2 heteroatoms. The molecule has 0 aromatic heterocycles. The molecule has 1 fully saturated rings. The lowest BCUT2D eigenvalue weighted by Crippen LogP contribution is -2.10. The van der Waals surface area contributed by atoms with E-state index in [4.69, 9.17) is 4.74 Å². The second-order valence-corrected chi connectivity index (χ2v) is 5.51. The van der Waals surface area contributed by atoms with Gasteiger partial charge in [0.25, 0.3) is 0 Å². The fourth-order valence-corrected chi connectivity index (χ4v) is 2.97. The lowest BCUT2D eigenvalue weighted by atomic mass is 9.80. The first-order valence-corrected chi connectivity index (χ1v) is 7.63. The molecule has 0 amide bonds. The van der Waals surface area contributed by atoms with E-state index in [-0.39, 0.29) is 5.97 Å². The van der Waals surface area contributed by atoms with Gasteiger partial charge in [0, 0.05) is 6.08 Å². The van der Waals surface area contributed by atoms with Crippen molar-refractivity contribution in [3.05, 3.63) is 41.5 Å². The summed E-state index contributed by atoms with van der Waals surface area (Å²) in [5.41, 5.74) is 3.65. The maximum Gasteiger partial charge on any atom is 0.330 e. The van der Waals surface area contributed by atoms with Crippen molar-refractivity contribution in [2.45, 2.75) is 45.4 Å². The lowest BCUT2D eigenvalue weighted by Gasteiger charge is -2.24. The highest BCUT2D eigenvalue weighted by Crippen LogP contribution is 2.35. The minimum atomic E-state index is -0.245. The van der Waals surface area contributed by atoms with Crippen LogP contribution in [-0.4, -0.2) is 13.1 Å². The smallest absolute Gasteiger partial charge is 0.330 e. The predicted octanol–water partition coefficient (Wildman–Crippen LogP) is 4.39. The highest BCUT2D eigenvalue weighted by Gasteiger charge is 2.20. The predicted molar refractivity (Wildman–Crippen MR) is 82.4 cm³/mol. The number of hydrogen-bond acceptors (Lipinski definition) is 2. The fraction of sp³-hybridized carbons (Fsp3) is 0.500. The SMILES string of the molecule is CCc1ccc(C(=CC(=O)OC)C2CCCCC2)cc1. The first-order chi connectivity index (χ1) is 9.74. The van der Waals surface area contributed by atoms with Crippen LogP contribution >= 0.6 is 0 Å². The van der Waals surface area contributed by atoms with E-state index >= 15 is 0 Å². The summed E-state index contributed by atoms with van der Waals surface area (Å²) in [5.74, 6) is 0.250. The first kappa shape index (κ1) is 14.8. The van der Waals surface area contributed by atoms with Gasteiger partial charge in [-0.05, 0) is 41.9 Å². The van der Waals surface area contributed by atoms with Crippen LogP contribution in [0.25, 0.3) is 5.57 Å². The molecule has 0 radical (unpaired) electrons. The number of rotatable bonds is 4. The van der Waals surface area contributed by atoms with Crippen molar-refractivity contribution in [1.29, 1.82) is 0 Å². The molecule has 1 aromatic carbocycles. The van der Waals surface area contributed by atoms with Crippen molar-refractivity contribution in [3.63, 3.8) is 0 Å². The zero-order valence-electron chi connectivity index (χ0n) is 12.5. The topological polar surface area (TPSA) is 26.3 Å². The third kappa shape index (κ3) is 3.72. The summed E-state index contributed by atoms with van der Waals surface area (Å²) in [5, 5.41) is 0. The minimum Gasteiger partial charge on any atom is -0.466 e. The molecule has 2 nitrogen and oxygen atoms in total. The molecule has 0 spiro atoms. The number of hydrogen-bond donors (Lipinski definition) is 0. The number of ether oxygens (including phenoxy) is 1. The van der Waals surface area contributed by atoms with Crippen molar-refractivity contribution in [2.24, 2.45) is 5.92 Å². The zero-order valence-corrected chi connectivity index (χ0v) is 12.5. The van der Waals surface area contributed by atoms with Crippen LogP contribution in [-0.2, 0) is 16.0 Å². The molecule has 1 saturated carbocycles. The summed E-state index contributed by atoms with van der Waals surface area (Å²) in [4.78, 5) is 11.7. The minimum absolute atomic E-state index is 0.245. The van der Waals surface area contributed by atoms with Crippen molar-refractivity contribution in [2.75, 3.05) is 7.11 Å². The summed E-state index contributed by atoms with van der Waals surface area (Å²) in [7, 11) is 1.44. The van der Waals surface area contributed by atoms with Crippen molar-refractivity contribution in [3.8, 4) is 0 Å². The molecule has 1 aromatic rings. The second-order valence-electron chi connectivity index (χ2n) is 5.51. The third-order valence-corrected chi connectivity index (χ3v) is 4.22. The van der Waals surface area contributed by atoms with E-state index in [1.54, 1.807) is 6.08 Å². The number of allylic oxidation sites excluding steroid dienone is 1. The Morgan fingerprint density at radius 3 is 2.40 bits per heavy atom. The molecule has 20 heavy (non-hydrogen) atoms. The Bertz CT molecular complexity index is 465. The second kappa shape index (κ2) is 7.28.